The summed E-state index contributed by atoms with van der Waals surface area (Å²) in [6, 6.07) is 16.9. The van der Waals surface area contributed by atoms with Crippen molar-refractivity contribution < 1.29 is 33.4 Å². The van der Waals surface area contributed by atoms with E-state index in [1.807, 2.05) is 41.7 Å². The number of fused-ring (bicyclic) bond motifs is 4. The van der Waals surface area contributed by atoms with E-state index in [0.717, 1.165) is 64.1 Å². The molecule has 5 aliphatic rings. The second kappa shape index (κ2) is 14.6. The highest BCUT2D eigenvalue weighted by Crippen LogP contribution is 2.49. The van der Waals surface area contributed by atoms with E-state index >= 15 is 0 Å². The molecule has 5 aromatic rings. The molecule has 10 rings (SSSR count). The maximum atomic E-state index is 13.2. The molecule has 3 aromatic heterocycles. The van der Waals surface area contributed by atoms with E-state index in [0.29, 0.717) is 68.3 Å². The Hall–Kier alpha value is -6.12. The number of piperidine rings is 1. The number of carbonyl (C=O) groups excluding carboxylic acids is 4. The largest absolute Gasteiger partial charge is 0.474 e. The van der Waals surface area contributed by atoms with Gasteiger partial charge in [0.05, 0.1) is 22.7 Å². The van der Waals surface area contributed by atoms with Gasteiger partial charge in [0.2, 0.25) is 17.7 Å². The third kappa shape index (κ3) is 6.69. The van der Waals surface area contributed by atoms with Crippen LogP contribution in [-0.2, 0) is 26.1 Å². The van der Waals surface area contributed by atoms with Gasteiger partial charge in [-0.3, -0.25) is 29.1 Å². The molecule has 1 spiro atoms. The van der Waals surface area contributed by atoms with E-state index in [4.69, 9.17) is 14.2 Å². The second-order valence-corrected chi connectivity index (χ2v) is 16.6. The Morgan fingerprint density at radius 1 is 0.898 bits per heavy atom. The van der Waals surface area contributed by atoms with Gasteiger partial charge in [0.15, 0.2) is 0 Å². The highest BCUT2D eigenvalue weighted by Gasteiger charge is 2.54. The minimum atomic E-state index is -0.831. The number of aromatic nitrogens is 3. The Labute approximate surface area is 340 Å². The summed E-state index contributed by atoms with van der Waals surface area (Å²) < 4.78 is 20.1. The number of aryl methyl sites for hydroxylation is 1. The molecular weight excluding hydrogens is 751 g/mol. The van der Waals surface area contributed by atoms with E-state index in [9.17, 15) is 19.2 Å². The molecule has 2 aromatic carbocycles. The van der Waals surface area contributed by atoms with Crippen molar-refractivity contribution in [2.45, 2.75) is 50.4 Å². The number of imide groups is 1. The number of hydrogen-bond donors (Lipinski definition) is 1. The second-order valence-electron chi connectivity index (χ2n) is 16.6. The lowest BCUT2D eigenvalue weighted by Crippen LogP contribution is -2.66. The fraction of sp³-hybridized carbons (Fsp3) is 0.378. The number of allylic oxidation sites excluding steroid dienone is 1. The number of amides is 4. The van der Waals surface area contributed by atoms with E-state index in [-0.39, 0.29) is 36.0 Å². The van der Waals surface area contributed by atoms with Gasteiger partial charge in [0.1, 0.15) is 18.8 Å². The standard InChI is InChI=1S/C45H45N7O7/c1-27-4-10-38(42(54)48-27)52-43(55)34-9-7-30(17-35(34)44(52)56)50-22-32(23-50)58-15-3-14-57-24-41(53)51-25-45(26-51)18-31(19-45)59-40-11-6-29(20-47-40)28-5-8-33-36-21-46-13-12-37(36)49(2)39(33)16-28/h5-9,11-13,16-17,20-21,31-32,38H,1,3-4,10,14-15,18-19,22-26H2,2H3,(H,48,54). The van der Waals surface area contributed by atoms with Crippen molar-refractivity contribution in [3.8, 4) is 17.0 Å². The van der Waals surface area contributed by atoms with Crippen molar-refractivity contribution in [2.24, 2.45) is 12.5 Å². The predicted molar refractivity (Wildman–Crippen MR) is 219 cm³/mol. The fourth-order valence-electron chi connectivity index (χ4n) is 9.36. The Morgan fingerprint density at radius 2 is 1.71 bits per heavy atom. The summed E-state index contributed by atoms with van der Waals surface area (Å²) in [4.78, 5) is 65.5. The van der Waals surface area contributed by atoms with Crippen molar-refractivity contribution in [1.82, 2.24) is 29.7 Å². The Bertz CT molecular complexity index is 2530. The first kappa shape index (κ1) is 37.2. The summed E-state index contributed by atoms with van der Waals surface area (Å²) in [5.74, 6) is -0.628. The average Bonchev–Trinajstić information content (AvgIpc) is 3.62. The first-order valence-corrected chi connectivity index (χ1v) is 20.3. The minimum Gasteiger partial charge on any atom is -0.474 e. The van der Waals surface area contributed by atoms with E-state index in [2.05, 4.69) is 62.6 Å². The first-order chi connectivity index (χ1) is 28.6. The summed E-state index contributed by atoms with van der Waals surface area (Å²) in [5, 5.41) is 4.99. The zero-order valence-electron chi connectivity index (χ0n) is 32.9. The van der Waals surface area contributed by atoms with Crippen molar-refractivity contribution in [2.75, 3.05) is 50.9 Å². The molecule has 1 atom stereocenters. The van der Waals surface area contributed by atoms with Crippen LogP contribution in [0.15, 0.2) is 85.5 Å². The number of anilines is 1. The van der Waals surface area contributed by atoms with Gasteiger partial charge in [-0.05, 0) is 74.1 Å². The van der Waals surface area contributed by atoms with Gasteiger partial charge in [-0.25, -0.2) is 4.98 Å². The van der Waals surface area contributed by atoms with E-state index < -0.39 is 17.9 Å². The Balaban J connectivity index is 0.605. The summed E-state index contributed by atoms with van der Waals surface area (Å²) in [7, 11) is 2.08. The van der Waals surface area contributed by atoms with E-state index in [1.54, 1.807) is 12.1 Å². The number of ether oxygens (including phenoxy) is 3. The van der Waals surface area contributed by atoms with Crippen LogP contribution in [0.5, 0.6) is 5.88 Å². The highest BCUT2D eigenvalue weighted by atomic mass is 16.5. The van der Waals surface area contributed by atoms with Crippen LogP contribution in [0.4, 0.5) is 5.69 Å². The van der Waals surface area contributed by atoms with E-state index in [1.165, 1.54) is 5.39 Å². The van der Waals surface area contributed by atoms with Crippen molar-refractivity contribution in [3.05, 3.63) is 96.6 Å². The quantitative estimate of drug-likeness (QED) is 0.137. The van der Waals surface area contributed by atoms with Crippen LogP contribution in [0.3, 0.4) is 0 Å². The lowest BCUT2D eigenvalue weighted by molar-refractivity contribution is -0.164. The molecule has 0 bridgehead atoms. The summed E-state index contributed by atoms with van der Waals surface area (Å²) in [5.41, 5.74) is 6.63. The van der Waals surface area contributed by atoms with Crippen LogP contribution in [0.25, 0.3) is 32.9 Å². The topological polar surface area (TPSA) is 148 Å². The van der Waals surface area contributed by atoms with Gasteiger partial charge >= 0.3 is 0 Å². The zero-order chi connectivity index (χ0) is 40.4. The molecule has 0 radical (unpaired) electrons. The molecule has 1 N–H and O–H groups in total. The first-order valence-electron chi connectivity index (χ1n) is 20.3. The molecule has 7 heterocycles. The minimum absolute atomic E-state index is 0.0108. The number of nitrogens with one attached hydrogen (secondary N) is 1. The molecule has 3 saturated heterocycles. The van der Waals surface area contributed by atoms with Gasteiger partial charge in [0, 0.05) is 110 Å². The lowest BCUT2D eigenvalue weighted by Gasteiger charge is -2.58. The average molecular weight is 796 g/mol. The predicted octanol–water partition coefficient (Wildman–Crippen LogP) is 4.86. The number of hydrogen-bond acceptors (Lipinski definition) is 10. The number of benzene rings is 2. The zero-order valence-corrected chi connectivity index (χ0v) is 32.9. The number of rotatable bonds is 12. The van der Waals surface area contributed by atoms with Crippen molar-refractivity contribution >= 4 is 51.1 Å². The maximum absolute atomic E-state index is 13.2. The summed E-state index contributed by atoms with van der Waals surface area (Å²) >= 11 is 0. The number of likely N-dealkylation sites (tertiary alicyclic amines) is 1. The molecule has 4 amide bonds. The van der Waals surface area contributed by atoms with Gasteiger partial charge in [0.25, 0.3) is 11.8 Å². The van der Waals surface area contributed by atoms with Gasteiger partial charge in [-0.1, -0.05) is 18.7 Å². The summed E-state index contributed by atoms with van der Waals surface area (Å²) in [6.45, 7) is 7.57. The number of nitrogens with zero attached hydrogens (tertiary/aromatic N) is 6. The molecule has 1 aliphatic carbocycles. The van der Waals surface area contributed by atoms with Crippen molar-refractivity contribution in [3.63, 3.8) is 0 Å². The Kier molecular flexibility index (Phi) is 9.20. The van der Waals surface area contributed by atoms with Gasteiger partial charge in [-0.15, -0.1) is 0 Å². The molecule has 14 heteroatoms. The van der Waals surface area contributed by atoms with Crippen LogP contribution in [0.2, 0.25) is 0 Å². The SMILES string of the molecule is C=C1CCC(N2C(=O)c3ccc(N4CC(OCCCOCC(=O)N5CC6(CC(Oc7ccc(-c8ccc9c%10cnccc%10n(C)c9c8)cn7)C6)C5)C4)cc3C2=O)C(=O)N1. The molecule has 1 saturated carbocycles. The number of pyridine rings is 2. The molecular formula is C45H45N7O7. The van der Waals surface area contributed by atoms with Crippen LogP contribution in [0.1, 0.15) is 52.8 Å². The molecule has 4 fully saturated rings. The smallest absolute Gasteiger partial charge is 0.262 e. The van der Waals surface area contributed by atoms with Crippen LogP contribution in [0, 0.1) is 5.41 Å². The van der Waals surface area contributed by atoms with Crippen LogP contribution < -0.4 is 15.0 Å². The highest BCUT2D eigenvalue weighted by molar-refractivity contribution is 6.23. The molecule has 4 aliphatic heterocycles. The Morgan fingerprint density at radius 3 is 2.51 bits per heavy atom. The number of carbonyl (C=O) groups is 4. The normalized spacial score (nSPS) is 20.2. The van der Waals surface area contributed by atoms with Gasteiger partial charge < -0.3 is 33.9 Å². The molecule has 1 unspecified atom stereocenters. The third-order valence-electron chi connectivity index (χ3n) is 12.7. The van der Waals surface area contributed by atoms with Crippen molar-refractivity contribution in [1.29, 1.82) is 0 Å². The molecule has 14 nitrogen and oxygen atoms in total. The van der Waals surface area contributed by atoms with Crippen LogP contribution >= 0.6 is 0 Å². The van der Waals surface area contributed by atoms with Crippen LogP contribution in [-0.4, -0.2) is 112 Å². The monoisotopic (exact) mass is 795 g/mol. The maximum Gasteiger partial charge on any atom is 0.262 e. The molecule has 302 valence electrons. The third-order valence-corrected chi connectivity index (χ3v) is 12.7. The molecule has 59 heavy (non-hydrogen) atoms. The fourth-order valence-corrected chi connectivity index (χ4v) is 9.36. The lowest BCUT2D eigenvalue weighted by atomic mass is 9.61. The van der Waals surface area contributed by atoms with Gasteiger partial charge in [-0.2, -0.15) is 0 Å². The summed E-state index contributed by atoms with van der Waals surface area (Å²) in [6.07, 6.45) is 9.12.